The van der Waals surface area contributed by atoms with Gasteiger partial charge in [0.2, 0.25) is 21.8 Å². The summed E-state index contributed by atoms with van der Waals surface area (Å²) in [5.74, 6) is -0.535. The standard InChI is InChI=1S/C25H33Cl2N3O4S/c1-6-23(25(32)28-14-17(2)3)29(15-19-10-8-7-9-18(19)4)24(31)16-30(35(5,33)34)20-11-12-21(26)22(27)13-20/h7-13,17,23H,6,14-16H2,1-5H3,(H,28,32). The lowest BCUT2D eigenvalue weighted by Crippen LogP contribution is -2.52. The lowest BCUT2D eigenvalue weighted by molar-refractivity contribution is -0.140. The van der Waals surface area contributed by atoms with Crippen molar-refractivity contribution in [3.05, 3.63) is 63.6 Å². The number of sulfonamides is 1. The van der Waals surface area contributed by atoms with Gasteiger partial charge in [-0.05, 0) is 48.6 Å². The normalized spacial score (nSPS) is 12.3. The molecular formula is C25H33Cl2N3O4S. The third kappa shape index (κ3) is 8.12. The van der Waals surface area contributed by atoms with Gasteiger partial charge in [-0.25, -0.2) is 8.42 Å². The van der Waals surface area contributed by atoms with Crippen molar-refractivity contribution in [2.24, 2.45) is 5.92 Å². The number of aryl methyl sites for hydroxylation is 1. The van der Waals surface area contributed by atoms with Crippen molar-refractivity contribution in [3.63, 3.8) is 0 Å². The predicted molar refractivity (Wildman–Crippen MR) is 142 cm³/mol. The van der Waals surface area contributed by atoms with Crippen molar-refractivity contribution in [1.82, 2.24) is 10.2 Å². The van der Waals surface area contributed by atoms with Crippen LogP contribution in [0.4, 0.5) is 5.69 Å². The van der Waals surface area contributed by atoms with Crippen molar-refractivity contribution < 1.29 is 18.0 Å². The average molecular weight is 543 g/mol. The Morgan fingerprint density at radius 2 is 1.71 bits per heavy atom. The second-order valence-electron chi connectivity index (χ2n) is 8.88. The molecule has 0 heterocycles. The van der Waals surface area contributed by atoms with E-state index in [0.717, 1.165) is 21.7 Å². The van der Waals surface area contributed by atoms with Crippen LogP contribution in [0.1, 0.15) is 38.3 Å². The molecule has 0 saturated heterocycles. The molecule has 0 aliphatic carbocycles. The Morgan fingerprint density at radius 3 is 2.26 bits per heavy atom. The maximum atomic E-state index is 13.7. The summed E-state index contributed by atoms with van der Waals surface area (Å²) in [4.78, 5) is 28.2. The number of rotatable bonds is 11. The van der Waals surface area contributed by atoms with Gasteiger partial charge in [-0.2, -0.15) is 0 Å². The molecule has 2 aromatic rings. The van der Waals surface area contributed by atoms with Crippen LogP contribution < -0.4 is 9.62 Å². The number of hydrogen-bond acceptors (Lipinski definition) is 4. The summed E-state index contributed by atoms with van der Waals surface area (Å²) in [6.45, 7) is 7.87. The summed E-state index contributed by atoms with van der Waals surface area (Å²) in [5.41, 5.74) is 2.05. The number of benzene rings is 2. The van der Waals surface area contributed by atoms with E-state index in [-0.39, 0.29) is 34.1 Å². The zero-order valence-electron chi connectivity index (χ0n) is 20.7. The second kappa shape index (κ2) is 12.6. The summed E-state index contributed by atoms with van der Waals surface area (Å²) in [6, 6.07) is 11.2. The molecular weight excluding hydrogens is 509 g/mol. The van der Waals surface area contributed by atoms with E-state index >= 15 is 0 Å². The Balaban J connectivity index is 2.45. The van der Waals surface area contributed by atoms with E-state index in [2.05, 4.69) is 5.32 Å². The minimum atomic E-state index is -3.85. The lowest BCUT2D eigenvalue weighted by atomic mass is 10.1. The molecule has 0 aliphatic rings. The van der Waals surface area contributed by atoms with Crippen LogP contribution in [-0.2, 0) is 26.2 Å². The van der Waals surface area contributed by atoms with Gasteiger partial charge < -0.3 is 10.2 Å². The predicted octanol–water partition coefficient (Wildman–Crippen LogP) is 4.65. The molecule has 2 aromatic carbocycles. The molecule has 2 amide bonds. The monoisotopic (exact) mass is 541 g/mol. The lowest BCUT2D eigenvalue weighted by Gasteiger charge is -2.33. The molecule has 1 unspecified atom stereocenters. The summed E-state index contributed by atoms with van der Waals surface area (Å²) in [7, 11) is -3.85. The van der Waals surface area contributed by atoms with Crippen molar-refractivity contribution in [2.75, 3.05) is 23.7 Å². The third-order valence-electron chi connectivity index (χ3n) is 5.54. The van der Waals surface area contributed by atoms with Crippen LogP contribution in [0.25, 0.3) is 0 Å². The van der Waals surface area contributed by atoms with Crippen LogP contribution in [0, 0.1) is 12.8 Å². The highest BCUT2D eigenvalue weighted by molar-refractivity contribution is 7.92. The Bertz CT molecular complexity index is 1160. The van der Waals surface area contributed by atoms with Crippen LogP contribution in [0.15, 0.2) is 42.5 Å². The fourth-order valence-electron chi connectivity index (χ4n) is 3.57. The second-order valence-corrected chi connectivity index (χ2v) is 11.6. The first kappa shape index (κ1) is 28.9. The summed E-state index contributed by atoms with van der Waals surface area (Å²) < 4.78 is 26.3. The van der Waals surface area contributed by atoms with E-state index in [1.807, 2.05) is 52.0 Å². The van der Waals surface area contributed by atoms with Crippen LogP contribution in [-0.4, -0.2) is 50.5 Å². The maximum absolute atomic E-state index is 13.7. The number of hydrogen-bond donors (Lipinski definition) is 1. The summed E-state index contributed by atoms with van der Waals surface area (Å²) >= 11 is 12.1. The Kier molecular flexibility index (Phi) is 10.4. The zero-order valence-corrected chi connectivity index (χ0v) is 23.0. The van der Waals surface area contributed by atoms with Crippen LogP contribution in [0.2, 0.25) is 10.0 Å². The molecule has 0 aromatic heterocycles. The van der Waals surface area contributed by atoms with Gasteiger partial charge in [0, 0.05) is 13.1 Å². The van der Waals surface area contributed by atoms with E-state index in [1.165, 1.54) is 23.1 Å². The number of carbonyl (C=O) groups excluding carboxylic acids is 2. The van der Waals surface area contributed by atoms with Gasteiger partial charge in [0.25, 0.3) is 0 Å². The summed E-state index contributed by atoms with van der Waals surface area (Å²) in [5, 5.41) is 3.34. The quantitative estimate of drug-likeness (QED) is 0.448. The highest BCUT2D eigenvalue weighted by Gasteiger charge is 2.32. The van der Waals surface area contributed by atoms with Crippen molar-refractivity contribution in [2.45, 2.75) is 46.7 Å². The topological polar surface area (TPSA) is 86.8 Å². The van der Waals surface area contributed by atoms with Gasteiger partial charge in [0.05, 0.1) is 22.0 Å². The number of nitrogens with one attached hydrogen (secondary N) is 1. The zero-order chi connectivity index (χ0) is 26.3. The number of nitrogens with zero attached hydrogens (tertiary/aromatic N) is 2. The molecule has 0 saturated carbocycles. The highest BCUT2D eigenvalue weighted by atomic mass is 35.5. The summed E-state index contributed by atoms with van der Waals surface area (Å²) in [6.07, 6.45) is 1.38. The smallest absolute Gasteiger partial charge is 0.244 e. The largest absolute Gasteiger partial charge is 0.354 e. The molecule has 2 rings (SSSR count). The Labute approximate surface area is 218 Å². The minimum absolute atomic E-state index is 0.165. The molecule has 1 N–H and O–H groups in total. The minimum Gasteiger partial charge on any atom is -0.354 e. The molecule has 0 fully saturated rings. The van der Waals surface area contributed by atoms with Crippen molar-refractivity contribution >= 4 is 50.7 Å². The highest BCUT2D eigenvalue weighted by Crippen LogP contribution is 2.28. The molecule has 0 spiro atoms. The Morgan fingerprint density at radius 1 is 1.06 bits per heavy atom. The SMILES string of the molecule is CCC(C(=O)NCC(C)C)N(Cc1ccccc1C)C(=O)CN(c1ccc(Cl)c(Cl)c1)S(C)(=O)=O. The molecule has 7 nitrogen and oxygen atoms in total. The average Bonchev–Trinajstić information content (AvgIpc) is 2.78. The molecule has 0 radical (unpaired) electrons. The molecule has 192 valence electrons. The van der Waals surface area contributed by atoms with Gasteiger partial charge in [0.15, 0.2) is 0 Å². The van der Waals surface area contributed by atoms with Gasteiger partial charge in [-0.15, -0.1) is 0 Å². The van der Waals surface area contributed by atoms with E-state index in [9.17, 15) is 18.0 Å². The van der Waals surface area contributed by atoms with E-state index in [4.69, 9.17) is 23.2 Å². The molecule has 0 aliphatic heterocycles. The fraction of sp³-hybridized carbons (Fsp3) is 0.440. The van der Waals surface area contributed by atoms with Crippen LogP contribution in [0.5, 0.6) is 0 Å². The first-order valence-corrected chi connectivity index (χ1v) is 14.0. The number of carbonyl (C=O) groups is 2. The van der Waals surface area contributed by atoms with Gasteiger partial charge >= 0.3 is 0 Å². The van der Waals surface area contributed by atoms with Gasteiger partial charge in [-0.3, -0.25) is 13.9 Å². The van der Waals surface area contributed by atoms with Crippen LogP contribution >= 0.6 is 23.2 Å². The molecule has 35 heavy (non-hydrogen) atoms. The molecule has 10 heteroatoms. The first-order valence-electron chi connectivity index (χ1n) is 11.4. The number of halogens is 2. The fourth-order valence-corrected chi connectivity index (χ4v) is 4.70. The third-order valence-corrected chi connectivity index (χ3v) is 7.42. The Hall–Kier alpha value is -2.29. The maximum Gasteiger partial charge on any atom is 0.244 e. The van der Waals surface area contributed by atoms with Crippen molar-refractivity contribution in [1.29, 1.82) is 0 Å². The van der Waals surface area contributed by atoms with E-state index in [1.54, 1.807) is 0 Å². The molecule has 1 atom stereocenters. The molecule has 0 bridgehead atoms. The number of amides is 2. The van der Waals surface area contributed by atoms with E-state index in [0.29, 0.717) is 13.0 Å². The van der Waals surface area contributed by atoms with Gasteiger partial charge in [0.1, 0.15) is 12.6 Å². The first-order chi connectivity index (χ1) is 16.3. The van der Waals surface area contributed by atoms with E-state index < -0.39 is 28.5 Å². The van der Waals surface area contributed by atoms with Gasteiger partial charge in [-0.1, -0.05) is 68.2 Å². The van der Waals surface area contributed by atoms with Crippen molar-refractivity contribution in [3.8, 4) is 0 Å². The van der Waals surface area contributed by atoms with Crippen LogP contribution in [0.3, 0.4) is 0 Å². The number of anilines is 1.